The molecule has 0 spiro atoms. The van der Waals surface area contributed by atoms with E-state index >= 15 is 0 Å². The Kier molecular flexibility index (Phi) is 4.37. The predicted molar refractivity (Wildman–Crippen MR) is 75.4 cm³/mol. The van der Waals surface area contributed by atoms with E-state index in [-0.39, 0.29) is 0 Å². The van der Waals surface area contributed by atoms with Crippen LogP contribution in [0.25, 0.3) is 0 Å². The molecule has 102 valence electrons. The van der Waals surface area contributed by atoms with E-state index < -0.39 is 11.9 Å². The average molecular weight is 327 g/mol. The summed E-state index contributed by atoms with van der Waals surface area (Å²) in [5.74, 6) is -0.394. The van der Waals surface area contributed by atoms with Gasteiger partial charge in [0.15, 0.2) is 0 Å². The lowest BCUT2D eigenvalue weighted by atomic mass is 10.0. The molecule has 1 aromatic carbocycles. The molecule has 0 amide bonds. The zero-order chi connectivity index (χ0) is 14.0. The van der Waals surface area contributed by atoms with Crippen LogP contribution in [0.15, 0.2) is 28.7 Å². The highest BCUT2D eigenvalue weighted by atomic mass is 79.9. The molecule has 1 atom stereocenters. The Hall–Kier alpha value is -1.20. The largest absolute Gasteiger partial charge is 0.388 e. The van der Waals surface area contributed by atoms with Crippen molar-refractivity contribution >= 4 is 15.9 Å². The van der Waals surface area contributed by atoms with Gasteiger partial charge in [-0.05, 0) is 38.1 Å². The minimum absolute atomic E-state index is 0.302. The molecule has 0 fully saturated rings. The van der Waals surface area contributed by atoms with E-state index in [0.717, 1.165) is 22.4 Å². The number of aliphatic hydroxyl groups excluding tert-OH is 1. The van der Waals surface area contributed by atoms with E-state index in [1.165, 1.54) is 6.07 Å². The Morgan fingerprint density at radius 1 is 1.42 bits per heavy atom. The molecule has 5 heteroatoms. The highest BCUT2D eigenvalue weighted by molar-refractivity contribution is 9.10. The third kappa shape index (κ3) is 3.22. The van der Waals surface area contributed by atoms with Crippen LogP contribution in [-0.4, -0.2) is 14.9 Å². The van der Waals surface area contributed by atoms with Gasteiger partial charge in [0.2, 0.25) is 0 Å². The van der Waals surface area contributed by atoms with E-state index in [2.05, 4.69) is 21.0 Å². The summed E-state index contributed by atoms with van der Waals surface area (Å²) in [4.78, 5) is 0. The fourth-order valence-corrected chi connectivity index (χ4v) is 2.49. The molecule has 0 bridgehead atoms. The van der Waals surface area contributed by atoms with Gasteiger partial charge < -0.3 is 5.11 Å². The highest BCUT2D eigenvalue weighted by Gasteiger charge is 2.16. The van der Waals surface area contributed by atoms with Gasteiger partial charge in [-0.15, -0.1) is 0 Å². The van der Waals surface area contributed by atoms with Crippen molar-refractivity contribution in [2.24, 2.45) is 0 Å². The van der Waals surface area contributed by atoms with Gasteiger partial charge in [0.1, 0.15) is 5.82 Å². The normalized spacial score (nSPS) is 12.7. The van der Waals surface area contributed by atoms with Gasteiger partial charge in [0, 0.05) is 28.7 Å². The van der Waals surface area contributed by atoms with Gasteiger partial charge in [0.05, 0.1) is 11.8 Å². The van der Waals surface area contributed by atoms with Crippen LogP contribution in [0.5, 0.6) is 0 Å². The molecule has 1 aromatic heterocycles. The van der Waals surface area contributed by atoms with Crippen LogP contribution in [0.1, 0.15) is 30.0 Å². The van der Waals surface area contributed by atoms with Crippen molar-refractivity contribution in [1.82, 2.24) is 9.78 Å². The van der Waals surface area contributed by atoms with Crippen LogP contribution in [0.4, 0.5) is 4.39 Å². The maximum Gasteiger partial charge on any atom is 0.129 e. The lowest BCUT2D eigenvalue weighted by molar-refractivity contribution is 0.170. The van der Waals surface area contributed by atoms with Gasteiger partial charge >= 0.3 is 0 Å². The van der Waals surface area contributed by atoms with Crippen molar-refractivity contribution in [3.05, 3.63) is 51.5 Å². The Labute approximate surface area is 120 Å². The number of aliphatic hydroxyl groups is 1. The van der Waals surface area contributed by atoms with Crippen LogP contribution in [0.2, 0.25) is 0 Å². The van der Waals surface area contributed by atoms with Crippen molar-refractivity contribution in [3.8, 4) is 0 Å². The molecule has 1 N–H and O–H groups in total. The van der Waals surface area contributed by atoms with Crippen molar-refractivity contribution in [2.75, 3.05) is 0 Å². The molecule has 1 unspecified atom stereocenters. The van der Waals surface area contributed by atoms with E-state index in [1.54, 1.807) is 12.1 Å². The van der Waals surface area contributed by atoms with Crippen molar-refractivity contribution < 1.29 is 9.50 Å². The number of hydrogen-bond donors (Lipinski definition) is 1. The second-order valence-electron chi connectivity index (χ2n) is 4.48. The molecule has 0 aliphatic heterocycles. The Morgan fingerprint density at radius 2 is 2.16 bits per heavy atom. The predicted octanol–water partition coefficient (Wildman–Crippen LogP) is 3.39. The topological polar surface area (TPSA) is 38.0 Å². The second kappa shape index (κ2) is 5.84. The molecule has 3 nitrogen and oxygen atoms in total. The third-order valence-electron chi connectivity index (χ3n) is 3.00. The van der Waals surface area contributed by atoms with Crippen LogP contribution in [-0.2, 0) is 13.0 Å². The number of benzene rings is 1. The van der Waals surface area contributed by atoms with Gasteiger partial charge in [-0.3, -0.25) is 4.68 Å². The van der Waals surface area contributed by atoms with Crippen molar-refractivity contribution in [2.45, 2.75) is 32.9 Å². The molecule has 0 radical (unpaired) electrons. The van der Waals surface area contributed by atoms with Crippen LogP contribution in [0, 0.1) is 12.7 Å². The molecule has 0 saturated heterocycles. The van der Waals surface area contributed by atoms with E-state index in [9.17, 15) is 9.50 Å². The summed E-state index contributed by atoms with van der Waals surface area (Å²) in [6.45, 7) is 4.63. The first-order valence-electron chi connectivity index (χ1n) is 6.17. The summed E-state index contributed by atoms with van der Waals surface area (Å²) in [6, 6.07) is 6.50. The maximum atomic E-state index is 13.7. The quantitative estimate of drug-likeness (QED) is 0.935. The number of halogens is 2. The van der Waals surface area contributed by atoms with E-state index in [4.69, 9.17) is 0 Å². The van der Waals surface area contributed by atoms with Crippen LogP contribution in [0.3, 0.4) is 0 Å². The Balaban J connectivity index is 2.25. The Morgan fingerprint density at radius 3 is 2.84 bits per heavy atom. The molecule has 19 heavy (non-hydrogen) atoms. The average Bonchev–Trinajstić information content (AvgIpc) is 2.72. The summed E-state index contributed by atoms with van der Waals surface area (Å²) >= 11 is 3.29. The summed E-state index contributed by atoms with van der Waals surface area (Å²) in [5.41, 5.74) is 2.11. The molecule has 2 aromatic rings. The van der Waals surface area contributed by atoms with Gasteiger partial charge in [-0.1, -0.05) is 15.9 Å². The second-order valence-corrected chi connectivity index (χ2v) is 5.39. The van der Waals surface area contributed by atoms with Gasteiger partial charge in [-0.2, -0.15) is 5.10 Å². The monoisotopic (exact) mass is 326 g/mol. The molecule has 2 rings (SSSR count). The number of hydrogen-bond acceptors (Lipinski definition) is 2. The zero-order valence-electron chi connectivity index (χ0n) is 10.9. The molecule has 0 saturated carbocycles. The molecule has 1 heterocycles. The Bertz CT molecular complexity index is 583. The maximum absolute atomic E-state index is 13.7. The standard InChI is InChI=1S/C14H16BrFN2O/c1-3-18-11(6-9(2)17-18)8-14(19)12-7-10(15)4-5-13(12)16/h4-7,14,19H,3,8H2,1-2H3. The van der Waals surface area contributed by atoms with E-state index in [1.807, 2.05) is 24.6 Å². The first kappa shape index (κ1) is 14.2. The smallest absolute Gasteiger partial charge is 0.129 e. The summed E-state index contributed by atoms with van der Waals surface area (Å²) < 4.78 is 16.3. The molecule has 0 aliphatic carbocycles. The minimum atomic E-state index is -0.876. The fraction of sp³-hybridized carbons (Fsp3) is 0.357. The number of aromatic nitrogens is 2. The van der Waals surface area contributed by atoms with Crippen molar-refractivity contribution in [3.63, 3.8) is 0 Å². The summed E-state index contributed by atoms with van der Waals surface area (Å²) in [7, 11) is 0. The van der Waals surface area contributed by atoms with Gasteiger partial charge in [0.25, 0.3) is 0 Å². The number of nitrogens with zero attached hydrogens (tertiary/aromatic N) is 2. The first-order chi connectivity index (χ1) is 9.01. The fourth-order valence-electron chi connectivity index (χ4n) is 2.12. The summed E-state index contributed by atoms with van der Waals surface area (Å²) in [5, 5.41) is 14.5. The van der Waals surface area contributed by atoms with E-state index in [0.29, 0.717) is 12.0 Å². The van der Waals surface area contributed by atoms with Crippen molar-refractivity contribution in [1.29, 1.82) is 0 Å². The minimum Gasteiger partial charge on any atom is -0.388 e. The number of rotatable bonds is 4. The molecular formula is C14H16BrFN2O. The lowest BCUT2D eigenvalue weighted by Crippen LogP contribution is -2.09. The zero-order valence-corrected chi connectivity index (χ0v) is 12.5. The van der Waals surface area contributed by atoms with Gasteiger partial charge in [-0.25, -0.2) is 4.39 Å². The number of aryl methyl sites for hydroxylation is 2. The highest BCUT2D eigenvalue weighted by Crippen LogP contribution is 2.24. The first-order valence-corrected chi connectivity index (χ1v) is 6.97. The summed E-state index contributed by atoms with van der Waals surface area (Å²) in [6.07, 6.45) is -0.527. The molecular weight excluding hydrogens is 311 g/mol. The third-order valence-corrected chi connectivity index (χ3v) is 3.50. The van der Waals surface area contributed by atoms with Crippen LogP contribution < -0.4 is 0 Å². The molecule has 0 aliphatic rings. The SMILES string of the molecule is CCn1nc(C)cc1CC(O)c1cc(Br)ccc1F. The van der Waals surface area contributed by atoms with Crippen LogP contribution >= 0.6 is 15.9 Å². The lowest BCUT2D eigenvalue weighted by Gasteiger charge is -2.13.